The number of benzene rings is 1. The second-order valence-electron chi connectivity index (χ2n) is 6.46. The van der Waals surface area contributed by atoms with E-state index < -0.39 is 29.5 Å². The number of rotatable bonds is 3. The van der Waals surface area contributed by atoms with Crippen LogP contribution in [0, 0.1) is 5.82 Å². The SMILES string of the molecule is C[C@H]1C[C@@H](OC(=O)c2cc(OC(C)(C)C)c(F)cc2N)C(=O)O1. The molecule has 2 rings (SSSR count). The number of nitrogens with two attached hydrogens (primary N) is 1. The molecule has 126 valence electrons. The molecule has 1 fully saturated rings. The quantitative estimate of drug-likeness (QED) is 0.678. The lowest BCUT2D eigenvalue weighted by molar-refractivity contribution is -0.147. The predicted molar refractivity (Wildman–Crippen MR) is 80.6 cm³/mol. The molecule has 0 saturated carbocycles. The minimum Gasteiger partial charge on any atom is -0.485 e. The van der Waals surface area contributed by atoms with Gasteiger partial charge in [-0.25, -0.2) is 14.0 Å². The highest BCUT2D eigenvalue weighted by atomic mass is 19.1. The fourth-order valence-corrected chi connectivity index (χ4v) is 2.16. The minimum atomic E-state index is -0.978. The molecule has 1 aromatic rings. The number of esters is 2. The summed E-state index contributed by atoms with van der Waals surface area (Å²) in [7, 11) is 0. The maximum Gasteiger partial charge on any atom is 0.347 e. The predicted octanol–water partition coefficient (Wildman–Crippen LogP) is 2.45. The third kappa shape index (κ3) is 4.12. The van der Waals surface area contributed by atoms with Crippen molar-refractivity contribution in [2.45, 2.75) is 51.9 Å². The number of cyclic esters (lactones) is 1. The van der Waals surface area contributed by atoms with Gasteiger partial charge < -0.3 is 19.9 Å². The third-order valence-electron chi connectivity index (χ3n) is 3.12. The number of nitrogen functional groups attached to an aromatic ring is 1. The molecule has 1 aliphatic heterocycles. The number of hydrogen-bond acceptors (Lipinski definition) is 6. The number of hydrogen-bond donors (Lipinski definition) is 1. The summed E-state index contributed by atoms with van der Waals surface area (Å²) in [4.78, 5) is 23.7. The summed E-state index contributed by atoms with van der Waals surface area (Å²) in [6.45, 7) is 6.94. The Morgan fingerprint density at radius 2 is 2.04 bits per heavy atom. The lowest BCUT2D eigenvalue weighted by Crippen LogP contribution is -2.25. The molecule has 1 saturated heterocycles. The maximum atomic E-state index is 13.9. The molecule has 0 radical (unpaired) electrons. The van der Waals surface area contributed by atoms with Gasteiger partial charge in [-0.15, -0.1) is 0 Å². The molecule has 1 heterocycles. The van der Waals surface area contributed by atoms with E-state index in [0.29, 0.717) is 0 Å². The van der Waals surface area contributed by atoms with Crippen LogP contribution in [0.15, 0.2) is 12.1 Å². The Hall–Kier alpha value is -2.31. The summed E-state index contributed by atoms with van der Waals surface area (Å²) in [6, 6.07) is 2.18. The number of carbonyl (C=O) groups excluding carboxylic acids is 2. The van der Waals surface area contributed by atoms with Crippen LogP contribution in [0.4, 0.5) is 10.1 Å². The normalized spacial score (nSPS) is 21.0. The molecule has 2 N–H and O–H groups in total. The second-order valence-corrected chi connectivity index (χ2v) is 6.46. The van der Waals surface area contributed by atoms with Crippen molar-refractivity contribution in [2.75, 3.05) is 5.73 Å². The number of anilines is 1. The molecule has 6 nitrogen and oxygen atoms in total. The average molecular weight is 325 g/mol. The van der Waals surface area contributed by atoms with Gasteiger partial charge in [-0.1, -0.05) is 0 Å². The van der Waals surface area contributed by atoms with Gasteiger partial charge in [0.2, 0.25) is 6.10 Å². The maximum absolute atomic E-state index is 13.9. The van der Waals surface area contributed by atoms with Gasteiger partial charge in [0.15, 0.2) is 11.6 Å². The Balaban J connectivity index is 2.23. The van der Waals surface area contributed by atoms with Gasteiger partial charge in [0.25, 0.3) is 0 Å². The lowest BCUT2D eigenvalue weighted by atomic mass is 10.1. The topological polar surface area (TPSA) is 87.9 Å². The Kier molecular flexibility index (Phi) is 4.49. The third-order valence-corrected chi connectivity index (χ3v) is 3.12. The monoisotopic (exact) mass is 325 g/mol. The van der Waals surface area contributed by atoms with Crippen molar-refractivity contribution >= 4 is 17.6 Å². The first-order chi connectivity index (χ1) is 10.6. The highest BCUT2D eigenvalue weighted by molar-refractivity contribution is 5.97. The van der Waals surface area contributed by atoms with Crippen molar-refractivity contribution < 1.29 is 28.2 Å². The molecule has 23 heavy (non-hydrogen) atoms. The van der Waals surface area contributed by atoms with Crippen LogP contribution < -0.4 is 10.5 Å². The van der Waals surface area contributed by atoms with Crippen LogP contribution in [0.25, 0.3) is 0 Å². The standard InChI is InChI=1S/C16H20FNO5/c1-8-5-13(15(20)21-8)22-14(19)9-6-12(23-16(2,3)4)10(17)7-11(9)18/h6-8,13H,5,18H2,1-4H3/t8-,13+/m0/s1. The van der Waals surface area contributed by atoms with Crippen LogP contribution in [0.1, 0.15) is 44.5 Å². The molecule has 1 aliphatic rings. The fourth-order valence-electron chi connectivity index (χ4n) is 2.16. The zero-order valence-corrected chi connectivity index (χ0v) is 13.5. The molecule has 0 amide bonds. The van der Waals surface area contributed by atoms with E-state index in [-0.39, 0.29) is 29.5 Å². The highest BCUT2D eigenvalue weighted by Crippen LogP contribution is 2.29. The molecule has 0 aliphatic carbocycles. The van der Waals surface area contributed by atoms with Crippen LogP contribution >= 0.6 is 0 Å². The molecule has 2 atom stereocenters. The van der Waals surface area contributed by atoms with Crippen molar-refractivity contribution in [3.05, 3.63) is 23.5 Å². The van der Waals surface area contributed by atoms with E-state index in [4.69, 9.17) is 19.9 Å². The van der Waals surface area contributed by atoms with E-state index in [1.165, 1.54) is 6.07 Å². The zero-order chi connectivity index (χ0) is 17.4. The van der Waals surface area contributed by atoms with Gasteiger partial charge in [0.1, 0.15) is 11.7 Å². The molecular weight excluding hydrogens is 305 g/mol. The molecular formula is C16H20FNO5. The van der Waals surface area contributed by atoms with Crippen molar-refractivity contribution in [1.29, 1.82) is 0 Å². The Labute approximate surface area is 133 Å². The molecule has 7 heteroatoms. The fraction of sp³-hybridized carbons (Fsp3) is 0.500. The summed E-state index contributed by atoms with van der Waals surface area (Å²) in [5.41, 5.74) is 4.88. The Morgan fingerprint density at radius 3 is 2.57 bits per heavy atom. The van der Waals surface area contributed by atoms with Gasteiger partial charge >= 0.3 is 11.9 Å². The van der Waals surface area contributed by atoms with Crippen molar-refractivity contribution in [1.82, 2.24) is 0 Å². The van der Waals surface area contributed by atoms with E-state index in [1.807, 2.05) is 0 Å². The summed E-state index contributed by atoms with van der Waals surface area (Å²) in [5, 5.41) is 0. The first-order valence-corrected chi connectivity index (χ1v) is 7.26. The molecule has 0 unspecified atom stereocenters. The first-order valence-electron chi connectivity index (χ1n) is 7.26. The summed E-state index contributed by atoms with van der Waals surface area (Å²) < 4.78 is 29.4. The highest BCUT2D eigenvalue weighted by Gasteiger charge is 2.35. The number of carbonyl (C=O) groups is 2. The lowest BCUT2D eigenvalue weighted by Gasteiger charge is -2.22. The second kappa shape index (κ2) is 6.06. The zero-order valence-electron chi connectivity index (χ0n) is 13.5. The molecule has 1 aromatic carbocycles. The summed E-state index contributed by atoms with van der Waals surface area (Å²) in [5.74, 6) is -2.21. The van der Waals surface area contributed by atoms with Crippen LogP contribution in [0.2, 0.25) is 0 Å². The van der Waals surface area contributed by atoms with E-state index in [1.54, 1.807) is 27.7 Å². The van der Waals surface area contributed by atoms with Gasteiger partial charge in [-0.2, -0.15) is 0 Å². The van der Waals surface area contributed by atoms with E-state index in [9.17, 15) is 14.0 Å². The van der Waals surface area contributed by atoms with Crippen molar-refractivity contribution in [3.63, 3.8) is 0 Å². The molecule has 0 spiro atoms. The van der Waals surface area contributed by atoms with Gasteiger partial charge in [0.05, 0.1) is 5.56 Å². The average Bonchev–Trinajstić information content (AvgIpc) is 2.69. The van der Waals surface area contributed by atoms with E-state index in [2.05, 4.69) is 0 Å². The van der Waals surface area contributed by atoms with Crippen LogP contribution in [-0.2, 0) is 14.3 Å². The summed E-state index contributed by atoms with van der Waals surface area (Å²) in [6.07, 6.45) is -1.02. The summed E-state index contributed by atoms with van der Waals surface area (Å²) >= 11 is 0. The van der Waals surface area contributed by atoms with Crippen LogP contribution in [-0.4, -0.2) is 29.7 Å². The largest absolute Gasteiger partial charge is 0.485 e. The first kappa shape index (κ1) is 17.1. The van der Waals surface area contributed by atoms with Gasteiger partial charge in [-0.05, 0) is 33.8 Å². The molecule has 0 aromatic heterocycles. The van der Waals surface area contributed by atoms with Crippen molar-refractivity contribution in [3.8, 4) is 5.75 Å². The minimum absolute atomic E-state index is 0.0574. The van der Waals surface area contributed by atoms with Crippen LogP contribution in [0.5, 0.6) is 5.75 Å². The Morgan fingerprint density at radius 1 is 1.39 bits per heavy atom. The van der Waals surface area contributed by atoms with E-state index in [0.717, 1.165) is 6.07 Å². The van der Waals surface area contributed by atoms with E-state index >= 15 is 0 Å². The van der Waals surface area contributed by atoms with Gasteiger partial charge in [0, 0.05) is 18.2 Å². The van der Waals surface area contributed by atoms with Crippen molar-refractivity contribution in [2.24, 2.45) is 0 Å². The molecule has 0 bridgehead atoms. The van der Waals surface area contributed by atoms with Crippen LogP contribution in [0.3, 0.4) is 0 Å². The smallest absolute Gasteiger partial charge is 0.347 e. The Bertz CT molecular complexity index is 638. The van der Waals surface area contributed by atoms with Gasteiger partial charge in [-0.3, -0.25) is 0 Å². The number of halogens is 1. The number of ether oxygens (including phenoxy) is 3.